The van der Waals surface area contributed by atoms with Crippen LogP contribution in [0.4, 0.5) is 11.4 Å². The molecule has 3 rings (SSSR count). The smallest absolute Gasteiger partial charge is 0.144 e. The van der Waals surface area contributed by atoms with Gasteiger partial charge in [-0.2, -0.15) is 0 Å². The molecule has 0 bridgehead atoms. The van der Waals surface area contributed by atoms with E-state index in [0.29, 0.717) is 0 Å². The van der Waals surface area contributed by atoms with Crippen LogP contribution in [0.2, 0.25) is 0 Å². The molecule has 0 radical (unpaired) electrons. The van der Waals surface area contributed by atoms with Crippen molar-refractivity contribution in [1.82, 2.24) is 4.90 Å². The number of anilines is 2. The quantitative estimate of drug-likeness (QED) is 0.924. The second-order valence-electron chi connectivity index (χ2n) is 6.45. The topological polar surface area (TPSA) is 27.7 Å². The Morgan fingerprint density at radius 1 is 1.05 bits per heavy atom. The molecule has 0 aliphatic carbocycles. The molecule has 22 heavy (non-hydrogen) atoms. The van der Waals surface area contributed by atoms with E-state index >= 15 is 0 Å². The first-order valence-corrected chi connectivity index (χ1v) is 8.66. The highest BCUT2D eigenvalue weighted by Gasteiger charge is 2.25. The fraction of sp³-hybridized carbons (Fsp3) is 0.667. The maximum Gasteiger partial charge on any atom is 0.144 e. The van der Waals surface area contributed by atoms with Gasteiger partial charge in [0.05, 0.1) is 12.8 Å². The molecule has 0 unspecified atom stereocenters. The zero-order valence-electron chi connectivity index (χ0n) is 14.0. The molecule has 2 aliphatic heterocycles. The second kappa shape index (κ2) is 7.23. The number of nitrogens with zero attached hydrogens (tertiary/aromatic N) is 2. The van der Waals surface area contributed by atoms with Crippen molar-refractivity contribution in [2.75, 3.05) is 50.6 Å². The molecule has 1 aromatic rings. The predicted octanol–water partition coefficient (Wildman–Crippen LogP) is 3.19. The highest BCUT2D eigenvalue weighted by atomic mass is 16.5. The molecule has 0 atom stereocenters. The van der Waals surface area contributed by atoms with Crippen molar-refractivity contribution in [3.63, 3.8) is 0 Å². The third-order valence-corrected chi connectivity index (χ3v) is 5.19. The van der Waals surface area contributed by atoms with Gasteiger partial charge in [0.1, 0.15) is 5.75 Å². The van der Waals surface area contributed by atoms with Crippen molar-refractivity contribution in [2.45, 2.75) is 38.1 Å². The summed E-state index contributed by atoms with van der Waals surface area (Å²) < 4.78 is 5.49. The molecule has 122 valence electrons. The third kappa shape index (κ3) is 3.32. The number of hydrogen-bond donors (Lipinski definition) is 1. The zero-order chi connectivity index (χ0) is 15.4. The molecule has 1 aromatic carbocycles. The maximum atomic E-state index is 5.49. The van der Waals surface area contributed by atoms with Crippen molar-refractivity contribution in [3.05, 3.63) is 18.2 Å². The summed E-state index contributed by atoms with van der Waals surface area (Å²) in [6, 6.07) is 7.28. The maximum absolute atomic E-state index is 5.49. The monoisotopic (exact) mass is 303 g/mol. The van der Waals surface area contributed by atoms with E-state index in [2.05, 4.69) is 33.3 Å². The van der Waals surface area contributed by atoms with E-state index in [0.717, 1.165) is 30.6 Å². The van der Waals surface area contributed by atoms with Crippen LogP contribution < -0.4 is 15.0 Å². The second-order valence-corrected chi connectivity index (χ2v) is 6.45. The summed E-state index contributed by atoms with van der Waals surface area (Å²) in [4.78, 5) is 5.23. The Labute approximate surface area is 134 Å². The van der Waals surface area contributed by atoms with Gasteiger partial charge in [-0.25, -0.2) is 0 Å². The zero-order valence-corrected chi connectivity index (χ0v) is 14.0. The number of methoxy groups -OCH3 is 1. The van der Waals surface area contributed by atoms with Crippen LogP contribution in [0.15, 0.2) is 18.2 Å². The minimum absolute atomic E-state index is 0.801. The standard InChI is InChI=1S/C18H29N3O/c1-19-17-7-6-16(14-18(17)22-2)21-12-8-15(9-13-21)20-10-4-3-5-11-20/h6-7,14-15,19H,3-5,8-13H2,1-2H3. The van der Waals surface area contributed by atoms with Gasteiger partial charge in [-0.3, -0.25) is 0 Å². The first-order valence-electron chi connectivity index (χ1n) is 8.66. The Balaban J connectivity index is 1.61. The number of ether oxygens (including phenoxy) is 1. The minimum atomic E-state index is 0.801. The van der Waals surface area contributed by atoms with Gasteiger partial charge in [0.15, 0.2) is 0 Å². The van der Waals surface area contributed by atoms with Gasteiger partial charge in [0.2, 0.25) is 0 Å². The average Bonchev–Trinajstić information content (AvgIpc) is 2.62. The van der Waals surface area contributed by atoms with E-state index in [-0.39, 0.29) is 0 Å². The van der Waals surface area contributed by atoms with Crippen LogP contribution in [0.1, 0.15) is 32.1 Å². The van der Waals surface area contributed by atoms with E-state index in [1.807, 2.05) is 7.05 Å². The van der Waals surface area contributed by atoms with Gasteiger partial charge in [-0.05, 0) is 50.9 Å². The fourth-order valence-electron chi connectivity index (χ4n) is 3.86. The molecule has 2 heterocycles. The largest absolute Gasteiger partial charge is 0.495 e. The van der Waals surface area contributed by atoms with Gasteiger partial charge in [0, 0.05) is 37.9 Å². The van der Waals surface area contributed by atoms with E-state index < -0.39 is 0 Å². The molecule has 2 fully saturated rings. The van der Waals surface area contributed by atoms with Gasteiger partial charge in [-0.1, -0.05) is 6.42 Å². The van der Waals surface area contributed by atoms with Crippen molar-refractivity contribution < 1.29 is 4.74 Å². The molecule has 0 amide bonds. The summed E-state index contributed by atoms with van der Waals surface area (Å²) in [6.45, 7) is 4.94. The molecule has 1 N–H and O–H groups in total. The molecule has 4 nitrogen and oxygen atoms in total. The lowest BCUT2D eigenvalue weighted by molar-refractivity contribution is 0.141. The normalized spacial score (nSPS) is 20.9. The molecule has 0 spiro atoms. The number of piperidine rings is 2. The van der Waals surface area contributed by atoms with E-state index in [1.165, 1.54) is 50.9 Å². The lowest BCUT2D eigenvalue weighted by atomic mass is 9.99. The van der Waals surface area contributed by atoms with Crippen LogP contribution in [0, 0.1) is 0 Å². The van der Waals surface area contributed by atoms with Crippen molar-refractivity contribution in [1.29, 1.82) is 0 Å². The Morgan fingerprint density at radius 3 is 2.41 bits per heavy atom. The van der Waals surface area contributed by atoms with Gasteiger partial charge < -0.3 is 19.9 Å². The SMILES string of the molecule is CNc1ccc(N2CCC(N3CCCCC3)CC2)cc1OC. The molecule has 0 saturated carbocycles. The molecule has 4 heteroatoms. The highest BCUT2D eigenvalue weighted by molar-refractivity contribution is 5.64. The first kappa shape index (κ1) is 15.5. The number of rotatable bonds is 4. The van der Waals surface area contributed by atoms with Crippen molar-refractivity contribution >= 4 is 11.4 Å². The molecular formula is C18H29N3O. The van der Waals surface area contributed by atoms with Crippen LogP contribution in [-0.4, -0.2) is 51.3 Å². The van der Waals surface area contributed by atoms with Gasteiger partial charge in [-0.15, -0.1) is 0 Å². The van der Waals surface area contributed by atoms with E-state index in [4.69, 9.17) is 4.74 Å². The number of hydrogen-bond acceptors (Lipinski definition) is 4. The van der Waals surface area contributed by atoms with E-state index in [1.54, 1.807) is 7.11 Å². The van der Waals surface area contributed by atoms with E-state index in [9.17, 15) is 0 Å². The Bertz CT molecular complexity index is 477. The molecular weight excluding hydrogens is 274 g/mol. The Kier molecular flexibility index (Phi) is 5.08. The lowest BCUT2D eigenvalue weighted by Gasteiger charge is -2.41. The summed E-state index contributed by atoms with van der Waals surface area (Å²) in [5, 5.41) is 3.18. The van der Waals surface area contributed by atoms with Crippen LogP contribution in [0.5, 0.6) is 5.75 Å². The molecule has 2 aliphatic rings. The molecule has 2 saturated heterocycles. The summed E-state index contributed by atoms with van der Waals surface area (Å²) in [5.74, 6) is 0.929. The summed E-state index contributed by atoms with van der Waals surface area (Å²) >= 11 is 0. The summed E-state index contributed by atoms with van der Waals surface area (Å²) in [6.07, 6.45) is 6.78. The number of nitrogens with one attached hydrogen (secondary N) is 1. The Morgan fingerprint density at radius 2 is 1.77 bits per heavy atom. The van der Waals surface area contributed by atoms with Crippen molar-refractivity contribution in [3.8, 4) is 5.75 Å². The van der Waals surface area contributed by atoms with Crippen LogP contribution >= 0.6 is 0 Å². The first-order chi connectivity index (χ1) is 10.8. The van der Waals surface area contributed by atoms with Crippen molar-refractivity contribution in [2.24, 2.45) is 0 Å². The van der Waals surface area contributed by atoms with Crippen LogP contribution in [0.3, 0.4) is 0 Å². The number of likely N-dealkylation sites (tertiary alicyclic amines) is 1. The molecule has 0 aromatic heterocycles. The van der Waals surface area contributed by atoms with Gasteiger partial charge in [0.25, 0.3) is 0 Å². The summed E-state index contributed by atoms with van der Waals surface area (Å²) in [5.41, 5.74) is 2.34. The van der Waals surface area contributed by atoms with Gasteiger partial charge >= 0.3 is 0 Å². The van der Waals surface area contributed by atoms with Crippen LogP contribution in [-0.2, 0) is 0 Å². The summed E-state index contributed by atoms with van der Waals surface area (Å²) in [7, 11) is 3.67. The minimum Gasteiger partial charge on any atom is -0.495 e. The number of benzene rings is 1. The highest BCUT2D eigenvalue weighted by Crippen LogP contribution is 2.31. The lowest BCUT2D eigenvalue weighted by Crippen LogP contribution is -2.46. The van der Waals surface area contributed by atoms with Crippen LogP contribution in [0.25, 0.3) is 0 Å². The predicted molar refractivity (Wildman–Crippen MR) is 93.2 cm³/mol. The third-order valence-electron chi connectivity index (χ3n) is 5.19. The Hall–Kier alpha value is -1.42. The fourth-order valence-corrected chi connectivity index (χ4v) is 3.86. The average molecular weight is 303 g/mol.